The molecule has 0 fully saturated rings. The molecule has 2 rings (SSSR count). The molecule has 1 heterocycles. The van der Waals surface area contributed by atoms with E-state index in [1.54, 1.807) is 12.1 Å². The van der Waals surface area contributed by atoms with Crippen LogP contribution >= 0.6 is 0 Å². The van der Waals surface area contributed by atoms with Crippen molar-refractivity contribution in [3.63, 3.8) is 0 Å². The fraction of sp³-hybridized carbons (Fsp3) is 0.167. The lowest BCUT2D eigenvalue weighted by Crippen LogP contribution is -2.03. The van der Waals surface area contributed by atoms with Gasteiger partial charge in [0.25, 0.3) is 0 Å². The van der Waals surface area contributed by atoms with E-state index in [2.05, 4.69) is 9.97 Å². The van der Waals surface area contributed by atoms with Gasteiger partial charge >= 0.3 is 5.97 Å². The van der Waals surface area contributed by atoms with Gasteiger partial charge in [0.1, 0.15) is 5.75 Å². The summed E-state index contributed by atoms with van der Waals surface area (Å²) in [6.45, 7) is 0. The van der Waals surface area contributed by atoms with Gasteiger partial charge in [0.05, 0.1) is 5.69 Å². The number of nitrogens with zero attached hydrogens (tertiary/aromatic N) is 1. The summed E-state index contributed by atoms with van der Waals surface area (Å²) in [7, 11) is -3.61. The number of phenolic OH excluding ortho intramolecular Hbond substituents is 1. The van der Waals surface area contributed by atoms with E-state index in [0.29, 0.717) is 5.56 Å². The maximum atomic E-state index is 11.4. The molecule has 0 unspecified atom stereocenters. The van der Waals surface area contributed by atoms with Gasteiger partial charge in [-0.15, -0.1) is 0 Å². The number of aromatic nitrogens is 2. The molecule has 0 aliphatic rings. The van der Waals surface area contributed by atoms with E-state index < -0.39 is 15.8 Å². The Labute approximate surface area is 114 Å². The summed E-state index contributed by atoms with van der Waals surface area (Å²) >= 11 is 0. The first-order chi connectivity index (χ1) is 9.27. The van der Waals surface area contributed by atoms with Crippen molar-refractivity contribution in [1.82, 2.24) is 9.97 Å². The number of hydrogen-bond donors (Lipinski definition) is 3. The average molecular weight is 296 g/mol. The Morgan fingerprint density at radius 2 is 1.90 bits per heavy atom. The highest BCUT2D eigenvalue weighted by molar-refractivity contribution is 7.90. The van der Waals surface area contributed by atoms with Crippen molar-refractivity contribution in [2.24, 2.45) is 0 Å². The Morgan fingerprint density at radius 3 is 2.40 bits per heavy atom. The van der Waals surface area contributed by atoms with E-state index in [0.717, 1.165) is 6.26 Å². The fourth-order valence-corrected chi connectivity index (χ4v) is 2.25. The Hall–Kier alpha value is -2.35. The molecule has 0 saturated heterocycles. The number of nitrogens with one attached hydrogen (secondary N) is 1. The normalized spacial score (nSPS) is 11.4. The minimum absolute atomic E-state index is 0.0913. The van der Waals surface area contributed by atoms with E-state index in [1.807, 2.05) is 0 Å². The lowest BCUT2D eigenvalue weighted by Gasteiger charge is -2.00. The monoisotopic (exact) mass is 296 g/mol. The van der Waals surface area contributed by atoms with Crippen LogP contribution in [0.15, 0.2) is 29.4 Å². The second kappa shape index (κ2) is 4.97. The third kappa shape index (κ3) is 2.97. The fourth-order valence-electron chi connectivity index (χ4n) is 1.68. The van der Waals surface area contributed by atoms with E-state index in [4.69, 9.17) is 5.11 Å². The third-order valence-corrected chi connectivity index (χ3v) is 3.52. The van der Waals surface area contributed by atoms with Crippen molar-refractivity contribution in [3.8, 4) is 5.75 Å². The number of aromatic carboxylic acids is 1. The predicted molar refractivity (Wildman–Crippen MR) is 69.6 cm³/mol. The van der Waals surface area contributed by atoms with E-state index in [9.17, 15) is 18.3 Å². The van der Waals surface area contributed by atoms with Crippen molar-refractivity contribution in [1.29, 1.82) is 0 Å². The molecule has 1 aromatic carbocycles. The maximum Gasteiger partial charge on any atom is 0.356 e. The molecule has 0 amide bonds. The smallest absolute Gasteiger partial charge is 0.356 e. The number of phenols is 1. The molecule has 0 aliphatic heterocycles. The van der Waals surface area contributed by atoms with Gasteiger partial charge in [0.15, 0.2) is 5.69 Å². The lowest BCUT2D eigenvalue weighted by atomic mass is 10.1. The Morgan fingerprint density at radius 1 is 1.30 bits per heavy atom. The van der Waals surface area contributed by atoms with Crippen molar-refractivity contribution in [3.05, 3.63) is 41.2 Å². The van der Waals surface area contributed by atoms with Crippen LogP contribution in [0.1, 0.15) is 21.7 Å². The number of aromatic hydroxyl groups is 1. The number of sulfone groups is 1. The molecule has 7 nitrogen and oxygen atoms in total. The summed E-state index contributed by atoms with van der Waals surface area (Å²) in [5, 5.41) is 17.9. The van der Waals surface area contributed by atoms with Crippen LogP contribution in [0.5, 0.6) is 5.75 Å². The molecular formula is C12H12N2O5S. The molecule has 2 aromatic rings. The largest absolute Gasteiger partial charge is 0.508 e. The average Bonchev–Trinajstić information content (AvgIpc) is 2.76. The molecule has 0 radical (unpaired) electrons. The molecule has 3 N–H and O–H groups in total. The number of hydrogen-bond acceptors (Lipinski definition) is 5. The SMILES string of the molecule is CS(=O)(=O)c1nc(C(=O)O)c(Cc2ccc(O)cc2)[nH]1. The number of rotatable bonds is 4. The molecule has 0 atom stereocenters. The Bertz CT molecular complexity index is 747. The first-order valence-electron chi connectivity index (χ1n) is 5.57. The second-order valence-electron chi connectivity index (χ2n) is 4.29. The van der Waals surface area contributed by atoms with E-state index in [1.165, 1.54) is 12.1 Å². The minimum Gasteiger partial charge on any atom is -0.508 e. The summed E-state index contributed by atoms with van der Waals surface area (Å²) in [6, 6.07) is 6.15. The zero-order valence-corrected chi connectivity index (χ0v) is 11.3. The molecule has 20 heavy (non-hydrogen) atoms. The lowest BCUT2D eigenvalue weighted by molar-refractivity contribution is 0.0689. The van der Waals surface area contributed by atoms with E-state index >= 15 is 0 Å². The van der Waals surface area contributed by atoms with E-state index in [-0.39, 0.29) is 28.7 Å². The number of carboxylic acids is 1. The van der Waals surface area contributed by atoms with Gasteiger partial charge < -0.3 is 15.2 Å². The Kier molecular flexibility index (Phi) is 3.49. The van der Waals surface area contributed by atoms with Crippen molar-refractivity contribution in [2.75, 3.05) is 6.26 Å². The molecule has 8 heteroatoms. The van der Waals surface area contributed by atoms with Gasteiger partial charge in [0.2, 0.25) is 15.0 Å². The van der Waals surface area contributed by atoms with Gasteiger partial charge in [-0.25, -0.2) is 18.2 Å². The first-order valence-corrected chi connectivity index (χ1v) is 7.46. The number of imidazole rings is 1. The minimum atomic E-state index is -3.61. The quantitative estimate of drug-likeness (QED) is 0.767. The highest BCUT2D eigenvalue weighted by Gasteiger charge is 2.21. The highest BCUT2D eigenvalue weighted by atomic mass is 32.2. The number of carboxylic acid groups (broad SMARTS) is 1. The molecule has 0 saturated carbocycles. The number of H-pyrrole nitrogens is 1. The van der Waals surface area contributed by atoms with Crippen molar-refractivity contribution >= 4 is 15.8 Å². The van der Waals surface area contributed by atoms with Gasteiger partial charge in [-0.3, -0.25) is 0 Å². The maximum absolute atomic E-state index is 11.4. The van der Waals surface area contributed by atoms with Crippen LogP contribution in [0, 0.1) is 0 Å². The van der Waals surface area contributed by atoms with Crippen molar-refractivity contribution in [2.45, 2.75) is 11.6 Å². The number of aromatic amines is 1. The number of benzene rings is 1. The summed E-state index contributed by atoms with van der Waals surface area (Å²) in [6.07, 6.45) is 1.12. The van der Waals surface area contributed by atoms with Crippen LogP contribution in [0.25, 0.3) is 0 Å². The number of carbonyl (C=O) groups is 1. The van der Waals surface area contributed by atoms with Crippen LogP contribution in [0.2, 0.25) is 0 Å². The molecule has 0 aliphatic carbocycles. The van der Waals surface area contributed by atoms with Crippen LogP contribution in [-0.4, -0.2) is 40.8 Å². The standard InChI is InChI=1S/C12H12N2O5S/c1-20(18,19)12-13-9(10(14-12)11(16)17)6-7-2-4-8(15)5-3-7/h2-5,15H,6H2,1H3,(H,13,14)(H,16,17). The summed E-state index contributed by atoms with van der Waals surface area (Å²) in [5.41, 5.74) is 0.594. The molecular weight excluding hydrogens is 284 g/mol. The van der Waals surface area contributed by atoms with Crippen LogP contribution < -0.4 is 0 Å². The summed E-state index contributed by atoms with van der Waals surface area (Å²) < 4.78 is 22.8. The molecule has 0 spiro atoms. The predicted octanol–water partition coefficient (Wildman–Crippen LogP) is 0.808. The topological polar surface area (TPSA) is 120 Å². The zero-order valence-electron chi connectivity index (χ0n) is 10.5. The zero-order chi connectivity index (χ0) is 14.9. The third-order valence-electron chi connectivity index (χ3n) is 2.63. The van der Waals surface area contributed by atoms with Crippen LogP contribution in [0.4, 0.5) is 0 Å². The van der Waals surface area contributed by atoms with Crippen LogP contribution in [-0.2, 0) is 16.3 Å². The summed E-state index contributed by atoms with van der Waals surface area (Å²) in [5.74, 6) is -1.21. The van der Waals surface area contributed by atoms with Gasteiger partial charge in [-0.05, 0) is 17.7 Å². The van der Waals surface area contributed by atoms with Gasteiger partial charge in [-0.1, -0.05) is 12.1 Å². The first kappa shape index (κ1) is 14.1. The molecule has 0 bridgehead atoms. The second-order valence-corrected chi connectivity index (χ2v) is 6.22. The van der Waals surface area contributed by atoms with Gasteiger partial charge in [0, 0.05) is 12.7 Å². The van der Waals surface area contributed by atoms with Crippen molar-refractivity contribution < 1.29 is 23.4 Å². The van der Waals surface area contributed by atoms with Gasteiger partial charge in [-0.2, -0.15) is 0 Å². The Balaban J connectivity index is 2.42. The van der Waals surface area contributed by atoms with Crippen LogP contribution in [0.3, 0.4) is 0 Å². The molecule has 106 valence electrons. The highest BCUT2D eigenvalue weighted by Crippen LogP contribution is 2.17. The summed E-state index contributed by atoms with van der Waals surface area (Å²) in [4.78, 5) is 17.2. The molecule has 1 aromatic heterocycles.